The van der Waals surface area contributed by atoms with Gasteiger partial charge in [-0.3, -0.25) is 9.36 Å². The van der Waals surface area contributed by atoms with Crippen LogP contribution in [0, 0.1) is 11.7 Å². The zero-order valence-electron chi connectivity index (χ0n) is 10.7. The zero-order valence-corrected chi connectivity index (χ0v) is 13.1. The Labute approximate surface area is 129 Å². The second-order valence-electron chi connectivity index (χ2n) is 4.60. The van der Waals surface area contributed by atoms with Gasteiger partial charge in [-0.2, -0.15) is 0 Å². The number of hydrogen-bond acceptors (Lipinski definition) is 2. The lowest BCUT2D eigenvalue weighted by Crippen LogP contribution is -2.20. The van der Waals surface area contributed by atoms with Gasteiger partial charge in [-0.05, 0) is 55.0 Å². The number of fused-ring (bicyclic) bond motifs is 1. The number of aromatic nitrogens is 2. The van der Waals surface area contributed by atoms with Crippen LogP contribution >= 0.6 is 28.1 Å². The number of aryl methyl sites for hydroxylation is 1. The number of para-hydroxylation sites is 1. The summed E-state index contributed by atoms with van der Waals surface area (Å²) in [6, 6.07) is 13.2. The molecule has 0 unspecified atom stereocenters. The van der Waals surface area contributed by atoms with Gasteiger partial charge in [0.25, 0.3) is 5.56 Å². The van der Waals surface area contributed by atoms with Crippen molar-refractivity contribution in [2.75, 3.05) is 0 Å². The molecule has 3 nitrogen and oxygen atoms in total. The van der Waals surface area contributed by atoms with E-state index in [2.05, 4.69) is 20.9 Å². The van der Waals surface area contributed by atoms with E-state index in [0.29, 0.717) is 10.2 Å². The average Bonchev–Trinajstić information content (AvgIpc) is 2.37. The van der Waals surface area contributed by atoms with Gasteiger partial charge in [0.05, 0.1) is 16.6 Å². The molecule has 0 aliphatic heterocycles. The normalized spacial score (nSPS) is 10.9. The first-order valence-electron chi connectivity index (χ1n) is 6.08. The Bertz CT molecular complexity index is 907. The summed E-state index contributed by atoms with van der Waals surface area (Å²) in [6.45, 7) is 1.98. The number of aromatic amines is 1. The predicted octanol–water partition coefficient (Wildman–Crippen LogP) is 4.12. The van der Waals surface area contributed by atoms with Crippen molar-refractivity contribution in [3.05, 3.63) is 67.6 Å². The van der Waals surface area contributed by atoms with Crippen molar-refractivity contribution in [3.8, 4) is 5.69 Å². The standard InChI is InChI=1S/C15H11BrN2OS/c1-9-6-10(16)8-11(7-9)18-14(19)12-4-2-3-5-13(12)17-15(18)20/h2-8H,1H3,(H,17,20). The summed E-state index contributed by atoms with van der Waals surface area (Å²) in [7, 11) is 0. The number of halogens is 1. The third-order valence-electron chi connectivity index (χ3n) is 3.09. The topological polar surface area (TPSA) is 37.8 Å². The van der Waals surface area contributed by atoms with Gasteiger partial charge in [-0.15, -0.1) is 0 Å². The van der Waals surface area contributed by atoms with Crippen LogP contribution in [0.15, 0.2) is 51.7 Å². The fourth-order valence-electron chi connectivity index (χ4n) is 2.24. The van der Waals surface area contributed by atoms with Crippen LogP contribution in [-0.2, 0) is 0 Å². The highest BCUT2D eigenvalue weighted by Gasteiger charge is 2.08. The molecule has 100 valence electrons. The van der Waals surface area contributed by atoms with Crippen LogP contribution in [-0.4, -0.2) is 9.55 Å². The lowest BCUT2D eigenvalue weighted by molar-refractivity contribution is 0.937. The van der Waals surface area contributed by atoms with E-state index in [0.717, 1.165) is 21.2 Å². The van der Waals surface area contributed by atoms with Gasteiger partial charge in [0.1, 0.15) is 0 Å². The van der Waals surface area contributed by atoms with E-state index in [1.54, 1.807) is 6.07 Å². The molecule has 3 aromatic rings. The van der Waals surface area contributed by atoms with Gasteiger partial charge >= 0.3 is 0 Å². The van der Waals surface area contributed by atoms with E-state index < -0.39 is 0 Å². The Hall–Kier alpha value is -1.72. The van der Waals surface area contributed by atoms with Crippen molar-refractivity contribution in [2.24, 2.45) is 0 Å². The number of hydrogen-bond donors (Lipinski definition) is 1. The lowest BCUT2D eigenvalue weighted by Gasteiger charge is -2.09. The zero-order chi connectivity index (χ0) is 14.3. The second-order valence-corrected chi connectivity index (χ2v) is 5.91. The molecule has 0 amide bonds. The molecule has 0 aliphatic carbocycles. The average molecular weight is 347 g/mol. The predicted molar refractivity (Wildman–Crippen MR) is 87.2 cm³/mol. The van der Waals surface area contributed by atoms with Crippen LogP contribution in [0.3, 0.4) is 0 Å². The maximum atomic E-state index is 12.6. The molecule has 0 fully saturated rings. The molecule has 0 bridgehead atoms. The molecule has 2 aromatic carbocycles. The number of rotatable bonds is 1. The van der Waals surface area contributed by atoms with Crippen LogP contribution in [0.4, 0.5) is 0 Å². The molecular formula is C15H11BrN2OS. The summed E-state index contributed by atoms with van der Waals surface area (Å²) in [6.07, 6.45) is 0. The molecule has 1 N–H and O–H groups in total. The summed E-state index contributed by atoms with van der Waals surface area (Å²) in [5.41, 5.74) is 2.46. The molecule has 0 spiro atoms. The number of nitrogens with zero attached hydrogens (tertiary/aromatic N) is 1. The molecule has 0 radical (unpaired) electrons. The van der Waals surface area contributed by atoms with Crippen LogP contribution in [0.25, 0.3) is 16.6 Å². The SMILES string of the molecule is Cc1cc(Br)cc(-n2c(=S)[nH]c3ccccc3c2=O)c1. The van der Waals surface area contributed by atoms with Gasteiger partial charge in [0.15, 0.2) is 4.77 Å². The minimum atomic E-state index is -0.109. The van der Waals surface area contributed by atoms with Crippen molar-refractivity contribution < 1.29 is 0 Å². The van der Waals surface area contributed by atoms with Crippen LogP contribution in [0.5, 0.6) is 0 Å². The Morgan fingerprint density at radius 1 is 1.20 bits per heavy atom. The van der Waals surface area contributed by atoms with Crippen LogP contribution in [0.2, 0.25) is 0 Å². The summed E-state index contributed by atoms with van der Waals surface area (Å²) in [4.78, 5) is 15.7. The first-order chi connectivity index (χ1) is 9.56. The first kappa shape index (κ1) is 13.3. The number of benzene rings is 2. The van der Waals surface area contributed by atoms with Crippen molar-refractivity contribution in [2.45, 2.75) is 6.92 Å². The fraction of sp³-hybridized carbons (Fsp3) is 0.0667. The quantitative estimate of drug-likeness (QED) is 0.673. The number of H-pyrrole nitrogens is 1. The smallest absolute Gasteiger partial charge is 0.266 e. The summed E-state index contributed by atoms with van der Waals surface area (Å²) >= 11 is 8.78. The molecule has 0 aliphatic rings. The van der Waals surface area contributed by atoms with Crippen LogP contribution < -0.4 is 5.56 Å². The van der Waals surface area contributed by atoms with Gasteiger partial charge in [0.2, 0.25) is 0 Å². The highest BCUT2D eigenvalue weighted by molar-refractivity contribution is 9.10. The molecule has 0 atom stereocenters. The van der Waals surface area contributed by atoms with Gasteiger partial charge in [0, 0.05) is 4.47 Å². The van der Waals surface area contributed by atoms with E-state index in [4.69, 9.17) is 12.2 Å². The fourth-order valence-corrected chi connectivity index (χ4v) is 3.14. The highest BCUT2D eigenvalue weighted by Crippen LogP contribution is 2.18. The van der Waals surface area contributed by atoms with E-state index in [1.807, 2.05) is 43.3 Å². The Kier molecular flexibility index (Phi) is 3.31. The monoisotopic (exact) mass is 346 g/mol. The first-order valence-corrected chi connectivity index (χ1v) is 7.28. The molecule has 1 heterocycles. The molecule has 0 saturated carbocycles. The largest absolute Gasteiger partial charge is 0.331 e. The van der Waals surface area contributed by atoms with Crippen molar-refractivity contribution in [3.63, 3.8) is 0 Å². The maximum Gasteiger partial charge on any atom is 0.266 e. The Balaban J connectivity index is 2.42. The Morgan fingerprint density at radius 2 is 1.95 bits per heavy atom. The van der Waals surface area contributed by atoms with E-state index in [1.165, 1.54) is 4.57 Å². The third kappa shape index (κ3) is 2.23. The maximum absolute atomic E-state index is 12.6. The lowest BCUT2D eigenvalue weighted by atomic mass is 10.2. The molecule has 0 saturated heterocycles. The van der Waals surface area contributed by atoms with Crippen molar-refractivity contribution in [1.29, 1.82) is 0 Å². The minimum absolute atomic E-state index is 0.109. The van der Waals surface area contributed by atoms with E-state index >= 15 is 0 Å². The van der Waals surface area contributed by atoms with Gasteiger partial charge in [-0.25, -0.2) is 0 Å². The summed E-state index contributed by atoms with van der Waals surface area (Å²) < 4.78 is 2.84. The summed E-state index contributed by atoms with van der Waals surface area (Å²) in [5, 5.41) is 0.624. The van der Waals surface area contributed by atoms with Crippen molar-refractivity contribution in [1.82, 2.24) is 9.55 Å². The van der Waals surface area contributed by atoms with Crippen LogP contribution in [0.1, 0.15) is 5.56 Å². The van der Waals surface area contributed by atoms with Gasteiger partial charge < -0.3 is 4.98 Å². The van der Waals surface area contributed by atoms with Gasteiger partial charge in [-0.1, -0.05) is 28.1 Å². The highest BCUT2D eigenvalue weighted by atomic mass is 79.9. The second kappa shape index (κ2) is 5.00. The summed E-state index contributed by atoms with van der Waals surface area (Å²) in [5.74, 6) is 0. The van der Waals surface area contributed by atoms with E-state index in [-0.39, 0.29) is 5.56 Å². The number of nitrogens with one attached hydrogen (secondary N) is 1. The Morgan fingerprint density at radius 3 is 2.70 bits per heavy atom. The third-order valence-corrected chi connectivity index (χ3v) is 3.83. The molecule has 20 heavy (non-hydrogen) atoms. The molecular weight excluding hydrogens is 336 g/mol. The van der Waals surface area contributed by atoms with Crippen molar-refractivity contribution >= 4 is 39.1 Å². The molecule has 3 rings (SSSR count). The molecule has 1 aromatic heterocycles. The minimum Gasteiger partial charge on any atom is -0.331 e. The van der Waals surface area contributed by atoms with E-state index in [9.17, 15) is 4.79 Å². The molecule has 5 heteroatoms.